The third-order valence-electron chi connectivity index (χ3n) is 2.67. The SMILES string of the molecule is NS(=O)(=O)c1ccc(OCCOc2c(Br)cccc2Br)cc1. The van der Waals surface area contributed by atoms with Crippen molar-refractivity contribution in [3.05, 3.63) is 51.4 Å². The summed E-state index contributed by atoms with van der Waals surface area (Å²) >= 11 is 6.81. The fourth-order valence-electron chi connectivity index (χ4n) is 1.65. The Morgan fingerprint density at radius 2 is 1.45 bits per heavy atom. The Balaban J connectivity index is 1.87. The Kier molecular flexibility index (Phi) is 5.85. The lowest BCUT2D eigenvalue weighted by Gasteiger charge is -2.11. The van der Waals surface area contributed by atoms with Crippen molar-refractivity contribution in [2.75, 3.05) is 13.2 Å². The summed E-state index contributed by atoms with van der Waals surface area (Å²) in [5.74, 6) is 1.25. The van der Waals surface area contributed by atoms with Gasteiger partial charge in [-0.05, 0) is 68.3 Å². The summed E-state index contributed by atoms with van der Waals surface area (Å²) < 4.78 is 35.1. The maximum atomic E-state index is 11.1. The number of rotatable bonds is 6. The number of halogens is 2. The van der Waals surface area contributed by atoms with Gasteiger partial charge in [-0.25, -0.2) is 13.6 Å². The van der Waals surface area contributed by atoms with Crippen molar-refractivity contribution in [3.63, 3.8) is 0 Å². The third-order valence-corrected chi connectivity index (χ3v) is 4.85. The van der Waals surface area contributed by atoms with Gasteiger partial charge in [0.25, 0.3) is 0 Å². The Morgan fingerprint density at radius 3 is 2.00 bits per heavy atom. The molecule has 0 amide bonds. The van der Waals surface area contributed by atoms with Crippen molar-refractivity contribution in [1.29, 1.82) is 0 Å². The summed E-state index contributed by atoms with van der Waals surface area (Å²) in [6.45, 7) is 0.667. The summed E-state index contributed by atoms with van der Waals surface area (Å²) in [5, 5.41) is 5.02. The van der Waals surface area contributed by atoms with E-state index in [0.717, 1.165) is 8.95 Å². The maximum Gasteiger partial charge on any atom is 0.238 e. The van der Waals surface area contributed by atoms with E-state index in [0.29, 0.717) is 24.7 Å². The Morgan fingerprint density at radius 1 is 0.909 bits per heavy atom. The smallest absolute Gasteiger partial charge is 0.238 e. The third kappa shape index (κ3) is 4.70. The highest BCUT2D eigenvalue weighted by atomic mass is 79.9. The van der Waals surface area contributed by atoms with Crippen LogP contribution in [0.4, 0.5) is 0 Å². The van der Waals surface area contributed by atoms with Gasteiger partial charge in [-0.3, -0.25) is 0 Å². The largest absolute Gasteiger partial charge is 0.490 e. The molecular formula is C14H13Br2NO4S. The predicted octanol–water partition coefficient (Wildman–Crippen LogP) is 3.32. The number of para-hydroxylation sites is 1. The van der Waals surface area contributed by atoms with Crippen LogP contribution in [0.2, 0.25) is 0 Å². The van der Waals surface area contributed by atoms with Gasteiger partial charge in [-0.1, -0.05) is 6.07 Å². The molecule has 22 heavy (non-hydrogen) atoms. The Hall–Kier alpha value is -1.09. The molecule has 2 rings (SSSR count). The number of ether oxygens (including phenoxy) is 2. The van der Waals surface area contributed by atoms with Crippen LogP contribution < -0.4 is 14.6 Å². The van der Waals surface area contributed by atoms with Gasteiger partial charge in [0.05, 0.1) is 13.8 Å². The second-order valence-corrected chi connectivity index (χ2v) is 7.53. The number of sulfonamides is 1. The highest BCUT2D eigenvalue weighted by Crippen LogP contribution is 2.32. The molecule has 2 aromatic carbocycles. The summed E-state index contributed by atoms with van der Waals surface area (Å²) in [6, 6.07) is 11.6. The molecule has 0 heterocycles. The van der Waals surface area contributed by atoms with Crippen molar-refractivity contribution < 1.29 is 17.9 Å². The zero-order chi connectivity index (χ0) is 16.2. The van der Waals surface area contributed by atoms with Crippen molar-refractivity contribution in [2.45, 2.75) is 4.90 Å². The van der Waals surface area contributed by atoms with E-state index in [9.17, 15) is 8.42 Å². The highest BCUT2D eigenvalue weighted by Gasteiger charge is 2.08. The number of benzene rings is 2. The van der Waals surface area contributed by atoms with Gasteiger partial charge >= 0.3 is 0 Å². The quantitative estimate of drug-likeness (QED) is 0.684. The molecule has 0 bridgehead atoms. The molecule has 0 radical (unpaired) electrons. The highest BCUT2D eigenvalue weighted by molar-refractivity contribution is 9.11. The molecule has 2 N–H and O–H groups in total. The van der Waals surface area contributed by atoms with E-state index in [1.807, 2.05) is 18.2 Å². The predicted molar refractivity (Wildman–Crippen MR) is 90.6 cm³/mol. The van der Waals surface area contributed by atoms with Crippen LogP contribution >= 0.6 is 31.9 Å². The van der Waals surface area contributed by atoms with Gasteiger partial charge < -0.3 is 9.47 Å². The molecule has 0 aromatic heterocycles. The van der Waals surface area contributed by atoms with Crippen LogP contribution in [-0.4, -0.2) is 21.6 Å². The maximum absolute atomic E-state index is 11.1. The van der Waals surface area contributed by atoms with Crippen LogP contribution in [0.15, 0.2) is 56.3 Å². The fraction of sp³-hybridized carbons (Fsp3) is 0.143. The molecule has 2 aromatic rings. The lowest BCUT2D eigenvalue weighted by atomic mass is 10.3. The van der Waals surface area contributed by atoms with Gasteiger partial charge in [0.15, 0.2) is 0 Å². The number of nitrogens with two attached hydrogens (primary N) is 1. The van der Waals surface area contributed by atoms with Crippen LogP contribution in [0.3, 0.4) is 0 Å². The first-order chi connectivity index (χ1) is 10.4. The van der Waals surface area contributed by atoms with Crippen LogP contribution in [-0.2, 0) is 10.0 Å². The zero-order valence-electron chi connectivity index (χ0n) is 11.3. The summed E-state index contributed by atoms with van der Waals surface area (Å²) in [7, 11) is -3.68. The van der Waals surface area contributed by atoms with E-state index in [1.54, 1.807) is 12.1 Å². The molecule has 8 heteroatoms. The Labute approximate surface area is 145 Å². The fourth-order valence-corrected chi connectivity index (χ4v) is 3.39. The van der Waals surface area contributed by atoms with E-state index < -0.39 is 10.0 Å². The number of primary sulfonamides is 1. The molecule has 5 nitrogen and oxygen atoms in total. The molecule has 0 saturated heterocycles. The molecule has 0 unspecified atom stereocenters. The van der Waals surface area contributed by atoms with Gasteiger partial charge in [0.2, 0.25) is 10.0 Å². The minimum absolute atomic E-state index is 0.0493. The van der Waals surface area contributed by atoms with Crippen LogP contribution in [0.25, 0.3) is 0 Å². The van der Waals surface area contributed by atoms with Crippen LogP contribution in [0, 0.1) is 0 Å². The lowest BCUT2D eigenvalue weighted by molar-refractivity contribution is 0.215. The minimum atomic E-state index is -3.68. The van der Waals surface area contributed by atoms with Crippen LogP contribution in [0.1, 0.15) is 0 Å². The lowest BCUT2D eigenvalue weighted by Crippen LogP contribution is -2.12. The second-order valence-electron chi connectivity index (χ2n) is 4.26. The average molecular weight is 451 g/mol. The standard InChI is InChI=1S/C14H13Br2NO4S/c15-12-2-1-3-13(16)14(12)21-9-8-20-10-4-6-11(7-5-10)22(17,18)19/h1-7H,8-9H2,(H2,17,18,19). The van der Waals surface area contributed by atoms with E-state index in [4.69, 9.17) is 14.6 Å². The first kappa shape index (κ1) is 17.3. The van der Waals surface area contributed by atoms with E-state index in [1.165, 1.54) is 12.1 Å². The Bertz CT molecular complexity index is 728. The number of hydrogen-bond acceptors (Lipinski definition) is 4. The normalized spacial score (nSPS) is 11.2. The van der Waals surface area contributed by atoms with E-state index in [-0.39, 0.29) is 4.90 Å². The number of hydrogen-bond donors (Lipinski definition) is 1. The van der Waals surface area contributed by atoms with Crippen LogP contribution in [0.5, 0.6) is 11.5 Å². The molecule has 0 saturated carbocycles. The van der Waals surface area contributed by atoms with Crippen molar-refractivity contribution in [1.82, 2.24) is 0 Å². The molecule has 0 aliphatic heterocycles. The van der Waals surface area contributed by atoms with Crippen molar-refractivity contribution in [2.24, 2.45) is 5.14 Å². The summed E-state index contributed by atoms with van der Waals surface area (Å²) in [6.07, 6.45) is 0. The van der Waals surface area contributed by atoms with Gasteiger partial charge in [0, 0.05) is 0 Å². The van der Waals surface area contributed by atoms with E-state index in [2.05, 4.69) is 31.9 Å². The first-order valence-corrected chi connectivity index (χ1v) is 9.33. The molecule has 0 atom stereocenters. The monoisotopic (exact) mass is 449 g/mol. The first-order valence-electron chi connectivity index (χ1n) is 6.20. The van der Waals surface area contributed by atoms with Gasteiger partial charge in [-0.15, -0.1) is 0 Å². The zero-order valence-corrected chi connectivity index (χ0v) is 15.3. The molecule has 0 aliphatic carbocycles. The summed E-state index contributed by atoms with van der Waals surface area (Å²) in [5.41, 5.74) is 0. The van der Waals surface area contributed by atoms with Crippen molar-refractivity contribution >= 4 is 41.9 Å². The molecule has 0 fully saturated rings. The van der Waals surface area contributed by atoms with Gasteiger partial charge in [-0.2, -0.15) is 0 Å². The van der Waals surface area contributed by atoms with Crippen molar-refractivity contribution in [3.8, 4) is 11.5 Å². The topological polar surface area (TPSA) is 78.6 Å². The minimum Gasteiger partial charge on any atom is -0.490 e. The molecule has 118 valence electrons. The molecule has 0 spiro atoms. The second kappa shape index (κ2) is 7.45. The van der Waals surface area contributed by atoms with Gasteiger partial charge in [0.1, 0.15) is 24.7 Å². The average Bonchev–Trinajstić information content (AvgIpc) is 2.45. The molecule has 0 aliphatic rings. The van der Waals surface area contributed by atoms with E-state index >= 15 is 0 Å². The molecular weight excluding hydrogens is 438 g/mol. The summed E-state index contributed by atoms with van der Waals surface area (Å²) in [4.78, 5) is 0.0493.